The minimum Gasteiger partial charge on any atom is -0.495 e. The molecular weight excluding hydrogens is 314 g/mol. The molecule has 0 bridgehead atoms. The number of rotatable bonds is 4. The second-order valence-electron chi connectivity index (χ2n) is 5.04. The zero-order valence-corrected chi connectivity index (χ0v) is 13.9. The molecule has 2 N–H and O–H groups in total. The standard InChI is InChI=1S/C16H17N3O3S/c1-10-4-7-15(22-3)14(8-10)18-16(23)17-13-9-12(19(20)21)6-5-11(13)2/h4-9H,1-3H3,(H2,17,18,23). The van der Waals surface area contributed by atoms with Crippen molar-refractivity contribution in [1.29, 1.82) is 0 Å². The van der Waals surface area contributed by atoms with Crippen LogP contribution in [0.15, 0.2) is 36.4 Å². The molecular formula is C16H17N3O3S. The first-order chi connectivity index (χ1) is 10.9. The lowest BCUT2D eigenvalue weighted by atomic mass is 10.2. The monoisotopic (exact) mass is 331 g/mol. The lowest BCUT2D eigenvalue weighted by molar-refractivity contribution is -0.384. The van der Waals surface area contributed by atoms with Gasteiger partial charge in [0.25, 0.3) is 5.69 Å². The molecule has 0 saturated heterocycles. The van der Waals surface area contributed by atoms with Crippen LogP contribution in [0.25, 0.3) is 0 Å². The number of nitrogens with one attached hydrogen (secondary N) is 2. The van der Waals surface area contributed by atoms with E-state index >= 15 is 0 Å². The molecule has 0 unspecified atom stereocenters. The van der Waals surface area contributed by atoms with Gasteiger partial charge in [-0.25, -0.2) is 0 Å². The quantitative estimate of drug-likeness (QED) is 0.500. The highest BCUT2D eigenvalue weighted by atomic mass is 32.1. The SMILES string of the molecule is COc1ccc(C)cc1NC(=S)Nc1cc([N+](=O)[O-])ccc1C. The molecule has 0 atom stereocenters. The Bertz CT molecular complexity index is 762. The average Bonchev–Trinajstić information content (AvgIpc) is 2.49. The summed E-state index contributed by atoms with van der Waals surface area (Å²) in [6, 6.07) is 10.3. The summed E-state index contributed by atoms with van der Waals surface area (Å²) in [6.45, 7) is 3.81. The Hall–Kier alpha value is -2.67. The molecule has 0 radical (unpaired) electrons. The van der Waals surface area contributed by atoms with Crippen LogP contribution in [0.3, 0.4) is 0 Å². The molecule has 7 heteroatoms. The number of benzene rings is 2. The van der Waals surface area contributed by atoms with Gasteiger partial charge < -0.3 is 15.4 Å². The van der Waals surface area contributed by atoms with Crippen molar-refractivity contribution in [2.24, 2.45) is 0 Å². The summed E-state index contributed by atoms with van der Waals surface area (Å²) in [5, 5.41) is 17.2. The molecule has 0 heterocycles. The predicted molar refractivity (Wildman–Crippen MR) is 95.4 cm³/mol. The summed E-state index contributed by atoms with van der Waals surface area (Å²) in [4.78, 5) is 10.4. The van der Waals surface area contributed by atoms with Crippen molar-refractivity contribution in [3.8, 4) is 5.75 Å². The summed E-state index contributed by atoms with van der Waals surface area (Å²) in [7, 11) is 1.58. The number of anilines is 2. The zero-order chi connectivity index (χ0) is 17.0. The molecule has 0 amide bonds. The number of ether oxygens (including phenoxy) is 1. The van der Waals surface area contributed by atoms with Crippen LogP contribution in [0, 0.1) is 24.0 Å². The van der Waals surface area contributed by atoms with E-state index in [0.717, 1.165) is 16.8 Å². The van der Waals surface area contributed by atoms with Crippen molar-refractivity contribution in [2.75, 3.05) is 17.7 Å². The minimum atomic E-state index is -0.440. The maximum Gasteiger partial charge on any atom is 0.271 e. The molecule has 23 heavy (non-hydrogen) atoms. The van der Waals surface area contributed by atoms with Gasteiger partial charge in [0.05, 0.1) is 17.7 Å². The van der Waals surface area contributed by atoms with Gasteiger partial charge in [0.1, 0.15) is 5.75 Å². The fraction of sp³-hybridized carbons (Fsp3) is 0.188. The fourth-order valence-electron chi connectivity index (χ4n) is 2.05. The van der Waals surface area contributed by atoms with E-state index in [1.807, 2.05) is 32.0 Å². The highest BCUT2D eigenvalue weighted by Crippen LogP contribution is 2.26. The molecule has 0 aliphatic carbocycles. The van der Waals surface area contributed by atoms with Crippen molar-refractivity contribution in [1.82, 2.24) is 0 Å². The molecule has 120 valence electrons. The average molecular weight is 331 g/mol. The highest BCUT2D eigenvalue weighted by Gasteiger charge is 2.11. The zero-order valence-electron chi connectivity index (χ0n) is 13.0. The van der Waals surface area contributed by atoms with Gasteiger partial charge in [0, 0.05) is 17.8 Å². The number of hydrogen-bond acceptors (Lipinski definition) is 4. The first-order valence-corrected chi connectivity index (χ1v) is 7.29. The van der Waals surface area contributed by atoms with Gasteiger partial charge in [0.2, 0.25) is 0 Å². The normalized spacial score (nSPS) is 10.0. The summed E-state index contributed by atoms with van der Waals surface area (Å²) in [5.74, 6) is 0.663. The summed E-state index contributed by atoms with van der Waals surface area (Å²) in [6.07, 6.45) is 0. The molecule has 0 fully saturated rings. The maximum atomic E-state index is 10.9. The highest BCUT2D eigenvalue weighted by molar-refractivity contribution is 7.80. The van der Waals surface area contributed by atoms with Crippen LogP contribution in [-0.2, 0) is 0 Å². The number of thiocarbonyl (C=S) groups is 1. The number of methoxy groups -OCH3 is 1. The van der Waals surface area contributed by atoms with Crippen LogP contribution in [0.2, 0.25) is 0 Å². The summed E-state index contributed by atoms with van der Waals surface area (Å²) < 4.78 is 5.29. The number of nitro groups is 1. The summed E-state index contributed by atoms with van der Waals surface area (Å²) in [5.41, 5.74) is 3.24. The lowest BCUT2D eigenvalue weighted by Crippen LogP contribution is -2.20. The van der Waals surface area contributed by atoms with E-state index in [9.17, 15) is 10.1 Å². The second-order valence-corrected chi connectivity index (χ2v) is 5.45. The van der Waals surface area contributed by atoms with E-state index in [2.05, 4.69) is 10.6 Å². The van der Waals surface area contributed by atoms with Crippen molar-refractivity contribution in [3.05, 3.63) is 57.6 Å². The first kappa shape index (κ1) is 16.7. The number of aryl methyl sites for hydroxylation is 2. The summed E-state index contributed by atoms with van der Waals surface area (Å²) >= 11 is 5.29. The number of non-ortho nitro benzene ring substituents is 1. The predicted octanol–water partition coefficient (Wildman–Crippen LogP) is 4.03. The Morgan fingerprint density at radius 3 is 2.48 bits per heavy atom. The van der Waals surface area contributed by atoms with Crippen LogP contribution in [0.1, 0.15) is 11.1 Å². The van der Waals surface area contributed by atoms with Crippen LogP contribution >= 0.6 is 12.2 Å². The fourth-order valence-corrected chi connectivity index (χ4v) is 2.27. The molecule has 0 aromatic heterocycles. The molecule has 0 aliphatic rings. The van der Waals surface area contributed by atoms with E-state index < -0.39 is 4.92 Å². The second kappa shape index (κ2) is 7.06. The lowest BCUT2D eigenvalue weighted by Gasteiger charge is -2.15. The molecule has 0 spiro atoms. The molecule has 2 aromatic carbocycles. The molecule has 2 rings (SSSR count). The van der Waals surface area contributed by atoms with Crippen LogP contribution in [0.5, 0.6) is 5.75 Å². The van der Waals surface area contributed by atoms with Crippen LogP contribution < -0.4 is 15.4 Å². The van der Waals surface area contributed by atoms with Crippen molar-refractivity contribution in [3.63, 3.8) is 0 Å². The van der Waals surface area contributed by atoms with Gasteiger partial charge in [-0.3, -0.25) is 10.1 Å². The van der Waals surface area contributed by atoms with Gasteiger partial charge in [-0.1, -0.05) is 12.1 Å². The Morgan fingerprint density at radius 2 is 1.83 bits per heavy atom. The van der Waals surface area contributed by atoms with E-state index in [0.29, 0.717) is 16.5 Å². The van der Waals surface area contributed by atoms with E-state index in [1.165, 1.54) is 12.1 Å². The van der Waals surface area contributed by atoms with Crippen LogP contribution in [0.4, 0.5) is 17.1 Å². The number of hydrogen-bond donors (Lipinski definition) is 2. The van der Waals surface area contributed by atoms with E-state index in [1.54, 1.807) is 13.2 Å². The van der Waals surface area contributed by atoms with Gasteiger partial charge >= 0.3 is 0 Å². The van der Waals surface area contributed by atoms with Gasteiger partial charge in [0.15, 0.2) is 5.11 Å². The number of nitrogens with zero attached hydrogens (tertiary/aromatic N) is 1. The van der Waals surface area contributed by atoms with E-state index in [4.69, 9.17) is 17.0 Å². The third-order valence-corrected chi connectivity index (χ3v) is 3.49. The smallest absolute Gasteiger partial charge is 0.271 e. The maximum absolute atomic E-state index is 10.9. The molecule has 2 aromatic rings. The number of nitro benzene ring substituents is 1. The van der Waals surface area contributed by atoms with Crippen LogP contribution in [-0.4, -0.2) is 17.1 Å². The molecule has 0 saturated carbocycles. The topological polar surface area (TPSA) is 76.4 Å². The largest absolute Gasteiger partial charge is 0.495 e. The van der Waals surface area contributed by atoms with Crippen molar-refractivity contribution in [2.45, 2.75) is 13.8 Å². The Kier molecular flexibility index (Phi) is 5.13. The first-order valence-electron chi connectivity index (χ1n) is 6.88. The third-order valence-electron chi connectivity index (χ3n) is 3.28. The third kappa shape index (κ3) is 4.17. The Morgan fingerprint density at radius 1 is 1.13 bits per heavy atom. The van der Waals surface area contributed by atoms with Gasteiger partial charge in [-0.15, -0.1) is 0 Å². The van der Waals surface area contributed by atoms with Gasteiger partial charge in [-0.2, -0.15) is 0 Å². The van der Waals surface area contributed by atoms with E-state index in [-0.39, 0.29) is 5.69 Å². The minimum absolute atomic E-state index is 0.00837. The Balaban J connectivity index is 2.19. The Labute approximate surface area is 139 Å². The van der Waals surface area contributed by atoms with Gasteiger partial charge in [-0.05, 0) is 49.3 Å². The molecule has 0 aliphatic heterocycles. The molecule has 6 nitrogen and oxygen atoms in total. The van der Waals surface area contributed by atoms with Crippen molar-refractivity contribution < 1.29 is 9.66 Å². The van der Waals surface area contributed by atoms with Crippen molar-refractivity contribution >= 4 is 34.4 Å².